The Morgan fingerprint density at radius 2 is 1.85 bits per heavy atom. The third kappa shape index (κ3) is 5.88. The summed E-state index contributed by atoms with van der Waals surface area (Å²) in [6.45, 7) is 8.31. The Morgan fingerprint density at radius 3 is 2.53 bits per heavy atom. The van der Waals surface area contributed by atoms with Gasteiger partial charge in [0.25, 0.3) is 5.56 Å². The number of H-pyrrole nitrogens is 1. The van der Waals surface area contributed by atoms with Crippen LogP contribution in [0.5, 0.6) is 11.5 Å². The Kier molecular flexibility index (Phi) is 8.05. The van der Waals surface area contributed by atoms with Crippen LogP contribution in [0.2, 0.25) is 0 Å². The molecule has 1 N–H and O–H groups in total. The van der Waals surface area contributed by atoms with E-state index in [2.05, 4.69) is 9.97 Å². The maximum Gasteiger partial charge on any atom is 0.255 e. The molecule has 0 aliphatic carbocycles. The molecule has 0 bridgehead atoms. The Morgan fingerprint density at radius 1 is 1.15 bits per heavy atom. The molecule has 0 radical (unpaired) electrons. The minimum absolute atomic E-state index is 0.0488. The summed E-state index contributed by atoms with van der Waals surface area (Å²) in [5.74, 6) is 2.13. The van der Waals surface area contributed by atoms with E-state index in [1.54, 1.807) is 0 Å². The van der Waals surface area contributed by atoms with Crippen LogP contribution in [0.3, 0.4) is 0 Å². The minimum Gasteiger partial charge on any atom is -0.490 e. The number of para-hydroxylation sites is 2. The van der Waals surface area contributed by atoms with Gasteiger partial charge < -0.3 is 24.0 Å². The van der Waals surface area contributed by atoms with E-state index < -0.39 is 0 Å². The van der Waals surface area contributed by atoms with Crippen molar-refractivity contribution in [2.24, 2.45) is 0 Å². The lowest BCUT2D eigenvalue weighted by Gasteiger charge is -2.32. The Balaban J connectivity index is 1.28. The molecule has 4 rings (SSSR count). The number of amides is 1. The predicted octanol–water partition coefficient (Wildman–Crippen LogP) is 2.32. The largest absolute Gasteiger partial charge is 0.490 e. The molecule has 9 nitrogen and oxygen atoms in total. The number of likely N-dealkylation sites (tertiary alicyclic amines) is 1. The van der Waals surface area contributed by atoms with Gasteiger partial charge in [-0.25, -0.2) is 4.98 Å². The molecule has 9 heteroatoms. The summed E-state index contributed by atoms with van der Waals surface area (Å²) < 4.78 is 17.2. The Labute approximate surface area is 200 Å². The number of ether oxygens (including phenoxy) is 3. The average molecular weight is 471 g/mol. The van der Waals surface area contributed by atoms with Crippen LogP contribution in [0, 0.1) is 6.92 Å². The van der Waals surface area contributed by atoms with Gasteiger partial charge in [0, 0.05) is 56.7 Å². The van der Waals surface area contributed by atoms with Gasteiger partial charge >= 0.3 is 0 Å². The number of rotatable bonds is 8. The van der Waals surface area contributed by atoms with Crippen LogP contribution < -0.4 is 19.9 Å². The van der Waals surface area contributed by atoms with Crippen LogP contribution in [0.4, 0.5) is 5.95 Å². The summed E-state index contributed by atoms with van der Waals surface area (Å²) in [6.07, 6.45) is 2.26. The number of piperidine rings is 1. The number of carbonyl (C=O) groups excluding carboxylic acids is 1. The zero-order valence-electron chi connectivity index (χ0n) is 20.0. The summed E-state index contributed by atoms with van der Waals surface area (Å²) in [6, 6.07) is 7.68. The zero-order valence-corrected chi connectivity index (χ0v) is 20.0. The summed E-state index contributed by atoms with van der Waals surface area (Å²) in [4.78, 5) is 36.9. The van der Waals surface area contributed by atoms with Crippen LogP contribution in [0.15, 0.2) is 29.1 Å². The highest BCUT2D eigenvalue weighted by Gasteiger charge is 2.25. The van der Waals surface area contributed by atoms with E-state index in [9.17, 15) is 9.59 Å². The van der Waals surface area contributed by atoms with Crippen molar-refractivity contribution in [3.8, 4) is 11.5 Å². The van der Waals surface area contributed by atoms with Crippen molar-refractivity contribution in [3.05, 3.63) is 45.9 Å². The molecule has 0 spiro atoms. The van der Waals surface area contributed by atoms with E-state index >= 15 is 0 Å². The smallest absolute Gasteiger partial charge is 0.255 e. The highest BCUT2D eigenvalue weighted by Crippen LogP contribution is 2.29. The van der Waals surface area contributed by atoms with E-state index in [4.69, 9.17) is 14.2 Å². The van der Waals surface area contributed by atoms with Gasteiger partial charge in [-0.1, -0.05) is 12.1 Å². The van der Waals surface area contributed by atoms with Gasteiger partial charge in [-0.2, -0.15) is 0 Å². The molecule has 2 aliphatic heterocycles. The molecule has 0 atom stereocenters. The third-order valence-electron chi connectivity index (χ3n) is 6.35. The zero-order chi connectivity index (χ0) is 23.9. The second kappa shape index (κ2) is 11.4. The molecule has 2 aliphatic rings. The van der Waals surface area contributed by atoms with Crippen molar-refractivity contribution >= 4 is 11.9 Å². The van der Waals surface area contributed by atoms with Gasteiger partial charge in [-0.05, 0) is 32.4 Å². The number of morpholine rings is 1. The lowest BCUT2D eigenvalue weighted by Crippen LogP contribution is -2.42. The van der Waals surface area contributed by atoms with Crippen molar-refractivity contribution in [1.82, 2.24) is 14.9 Å². The fourth-order valence-electron chi connectivity index (χ4n) is 4.43. The number of aromatic amines is 1. The topological polar surface area (TPSA) is 97.0 Å². The summed E-state index contributed by atoms with van der Waals surface area (Å²) in [5, 5.41) is 0. The van der Waals surface area contributed by atoms with Gasteiger partial charge in [-0.15, -0.1) is 0 Å². The number of carbonyl (C=O) groups is 1. The molecule has 1 amide bonds. The van der Waals surface area contributed by atoms with Gasteiger partial charge in [0.1, 0.15) is 6.10 Å². The van der Waals surface area contributed by atoms with E-state index in [0.29, 0.717) is 76.0 Å². The second-order valence-corrected chi connectivity index (χ2v) is 8.63. The van der Waals surface area contributed by atoms with Crippen molar-refractivity contribution in [3.63, 3.8) is 0 Å². The number of nitrogens with one attached hydrogen (secondary N) is 1. The SMILES string of the molecule is CCOc1ccccc1OC1CCN(C(=O)CCc2c(C)nc(N3CCOCC3)[nH]c2=O)CC1. The van der Waals surface area contributed by atoms with Gasteiger partial charge in [0.05, 0.1) is 19.8 Å². The normalized spacial score (nSPS) is 17.0. The fraction of sp³-hybridized carbons (Fsp3) is 0.560. The molecule has 2 saturated heterocycles. The summed E-state index contributed by atoms with van der Waals surface area (Å²) >= 11 is 0. The maximum absolute atomic E-state index is 12.8. The molecular formula is C25H34N4O5. The standard InChI is InChI=1S/C25H34N4O5/c1-3-33-21-6-4-5-7-22(21)34-19-10-12-28(13-11-19)23(30)9-8-20-18(2)26-25(27-24(20)31)29-14-16-32-17-15-29/h4-7,19H,3,8-17H2,1-2H3,(H,26,27,31). The van der Waals surface area contributed by atoms with E-state index in [0.717, 1.165) is 24.3 Å². The molecule has 1 aromatic carbocycles. The predicted molar refractivity (Wildman–Crippen MR) is 129 cm³/mol. The van der Waals surface area contributed by atoms with E-state index in [-0.39, 0.29) is 17.6 Å². The highest BCUT2D eigenvalue weighted by atomic mass is 16.5. The first kappa shape index (κ1) is 24.1. The summed E-state index contributed by atoms with van der Waals surface area (Å²) in [5.41, 5.74) is 1.09. The van der Waals surface area contributed by atoms with E-state index in [1.165, 1.54) is 0 Å². The molecule has 34 heavy (non-hydrogen) atoms. The van der Waals surface area contributed by atoms with Crippen molar-refractivity contribution < 1.29 is 19.0 Å². The quantitative estimate of drug-likeness (QED) is 0.632. The summed E-state index contributed by atoms with van der Waals surface area (Å²) in [7, 11) is 0. The number of hydrogen-bond donors (Lipinski definition) is 1. The maximum atomic E-state index is 12.8. The first-order valence-corrected chi connectivity index (χ1v) is 12.1. The third-order valence-corrected chi connectivity index (χ3v) is 6.35. The molecule has 184 valence electrons. The van der Waals surface area contributed by atoms with Crippen molar-refractivity contribution in [2.45, 2.75) is 45.6 Å². The average Bonchev–Trinajstić information content (AvgIpc) is 2.85. The number of hydrogen-bond acceptors (Lipinski definition) is 7. The molecule has 2 fully saturated rings. The van der Waals surface area contributed by atoms with Crippen LogP contribution in [0.1, 0.15) is 37.4 Å². The van der Waals surface area contributed by atoms with Gasteiger partial charge in [0.2, 0.25) is 11.9 Å². The number of nitrogens with zero attached hydrogens (tertiary/aromatic N) is 3. The lowest BCUT2D eigenvalue weighted by molar-refractivity contribution is -0.132. The molecule has 0 saturated carbocycles. The van der Waals surface area contributed by atoms with Crippen molar-refractivity contribution in [2.75, 3.05) is 50.9 Å². The number of aryl methyl sites for hydroxylation is 1. The monoisotopic (exact) mass is 470 g/mol. The van der Waals surface area contributed by atoms with Crippen LogP contribution in [-0.2, 0) is 16.0 Å². The number of anilines is 1. The fourth-order valence-corrected chi connectivity index (χ4v) is 4.43. The minimum atomic E-state index is -0.165. The highest BCUT2D eigenvalue weighted by molar-refractivity contribution is 5.76. The van der Waals surface area contributed by atoms with Gasteiger partial charge in [0.15, 0.2) is 11.5 Å². The first-order valence-electron chi connectivity index (χ1n) is 12.1. The Hall–Kier alpha value is -3.07. The number of aromatic nitrogens is 2. The molecular weight excluding hydrogens is 436 g/mol. The molecule has 2 aromatic rings. The molecule has 3 heterocycles. The lowest BCUT2D eigenvalue weighted by atomic mass is 10.1. The van der Waals surface area contributed by atoms with E-state index in [1.807, 2.05) is 47.9 Å². The molecule has 1 aromatic heterocycles. The van der Waals surface area contributed by atoms with Gasteiger partial charge in [-0.3, -0.25) is 14.6 Å². The number of benzene rings is 1. The Bertz CT molecular complexity index is 1030. The molecule has 0 unspecified atom stereocenters. The van der Waals surface area contributed by atoms with Crippen LogP contribution in [0.25, 0.3) is 0 Å². The first-order chi connectivity index (χ1) is 16.5. The van der Waals surface area contributed by atoms with Crippen molar-refractivity contribution in [1.29, 1.82) is 0 Å². The second-order valence-electron chi connectivity index (χ2n) is 8.63. The van der Waals surface area contributed by atoms with Crippen LogP contribution >= 0.6 is 0 Å². The van der Waals surface area contributed by atoms with Crippen LogP contribution in [-0.4, -0.2) is 72.9 Å².